The van der Waals surface area contributed by atoms with Crippen molar-refractivity contribution >= 4 is 5.69 Å². The molecule has 0 amide bonds. The molecule has 1 heterocycles. The molecule has 0 bridgehead atoms. The third-order valence-corrected chi connectivity index (χ3v) is 4.07. The molecule has 1 aliphatic heterocycles. The molecule has 2 aromatic carbocycles. The number of fused-ring (bicyclic) bond motifs is 1. The van der Waals surface area contributed by atoms with Gasteiger partial charge in [-0.2, -0.15) is 13.2 Å². The second kappa shape index (κ2) is 5.65. The summed E-state index contributed by atoms with van der Waals surface area (Å²) >= 11 is 0. The summed E-state index contributed by atoms with van der Waals surface area (Å²) in [6.07, 6.45) is -3.40. The largest absolute Gasteiger partial charge is 0.416 e. The predicted molar refractivity (Wildman–Crippen MR) is 80.1 cm³/mol. The van der Waals surface area contributed by atoms with E-state index in [1.54, 1.807) is 12.1 Å². The summed E-state index contributed by atoms with van der Waals surface area (Å²) in [6, 6.07) is 11.3. The molecule has 0 saturated heterocycles. The summed E-state index contributed by atoms with van der Waals surface area (Å²) in [5, 5.41) is 0. The molecule has 22 heavy (non-hydrogen) atoms. The van der Waals surface area contributed by atoms with Crippen molar-refractivity contribution in [1.82, 2.24) is 4.90 Å². The second-order valence-electron chi connectivity index (χ2n) is 5.64. The molecule has 3 rings (SSSR count). The van der Waals surface area contributed by atoms with E-state index in [4.69, 9.17) is 5.73 Å². The summed E-state index contributed by atoms with van der Waals surface area (Å²) in [5.74, 6) is 0. The lowest BCUT2D eigenvalue weighted by molar-refractivity contribution is -0.137. The fourth-order valence-corrected chi connectivity index (χ4v) is 2.89. The number of hydrogen-bond donors (Lipinski definition) is 1. The Bertz CT molecular complexity index is 663. The Morgan fingerprint density at radius 1 is 1.05 bits per heavy atom. The Kier molecular flexibility index (Phi) is 3.83. The molecular formula is C17H17F3N2. The molecule has 0 saturated carbocycles. The zero-order valence-corrected chi connectivity index (χ0v) is 12.0. The van der Waals surface area contributed by atoms with Crippen molar-refractivity contribution in [2.75, 3.05) is 12.3 Å². The average Bonchev–Trinajstić information content (AvgIpc) is 2.47. The van der Waals surface area contributed by atoms with Crippen LogP contribution in [-0.2, 0) is 25.7 Å². The van der Waals surface area contributed by atoms with Crippen molar-refractivity contribution in [2.45, 2.75) is 25.7 Å². The molecule has 2 nitrogen and oxygen atoms in total. The minimum absolute atomic E-state index is 0.604. The molecular weight excluding hydrogens is 289 g/mol. The second-order valence-corrected chi connectivity index (χ2v) is 5.64. The number of benzene rings is 2. The van der Waals surface area contributed by atoms with E-state index in [1.165, 1.54) is 11.1 Å². The topological polar surface area (TPSA) is 29.3 Å². The van der Waals surface area contributed by atoms with Crippen LogP contribution in [0.5, 0.6) is 0 Å². The van der Waals surface area contributed by atoms with E-state index in [1.807, 2.05) is 12.1 Å². The van der Waals surface area contributed by atoms with Crippen LogP contribution in [0.2, 0.25) is 0 Å². The first-order valence-electron chi connectivity index (χ1n) is 7.18. The van der Waals surface area contributed by atoms with Gasteiger partial charge in [-0.15, -0.1) is 0 Å². The van der Waals surface area contributed by atoms with Gasteiger partial charge < -0.3 is 5.73 Å². The first-order chi connectivity index (χ1) is 10.4. The summed E-state index contributed by atoms with van der Waals surface area (Å²) < 4.78 is 37.7. The fraction of sp³-hybridized carbons (Fsp3) is 0.294. The van der Waals surface area contributed by atoms with Crippen molar-refractivity contribution in [3.05, 3.63) is 64.7 Å². The number of nitrogen functional groups attached to an aromatic ring is 1. The van der Waals surface area contributed by atoms with E-state index < -0.39 is 11.7 Å². The molecule has 0 atom stereocenters. The maximum Gasteiger partial charge on any atom is 0.416 e. The fourth-order valence-electron chi connectivity index (χ4n) is 2.89. The first-order valence-corrected chi connectivity index (χ1v) is 7.18. The van der Waals surface area contributed by atoms with Crippen molar-refractivity contribution < 1.29 is 13.2 Å². The zero-order chi connectivity index (χ0) is 15.7. The molecule has 0 radical (unpaired) electrons. The lowest BCUT2D eigenvalue weighted by Crippen LogP contribution is -2.30. The highest BCUT2D eigenvalue weighted by Crippen LogP contribution is 2.30. The number of nitrogens with two attached hydrogens (primary N) is 1. The first kappa shape index (κ1) is 14.9. The van der Waals surface area contributed by atoms with Crippen LogP contribution in [0.4, 0.5) is 18.9 Å². The highest BCUT2D eigenvalue weighted by atomic mass is 19.4. The average molecular weight is 306 g/mol. The zero-order valence-electron chi connectivity index (χ0n) is 12.0. The normalized spacial score (nSPS) is 15.6. The number of halogens is 3. The lowest BCUT2D eigenvalue weighted by atomic mass is 9.97. The molecule has 0 aliphatic carbocycles. The lowest BCUT2D eigenvalue weighted by Gasteiger charge is -2.29. The van der Waals surface area contributed by atoms with Gasteiger partial charge in [0.2, 0.25) is 0 Å². The van der Waals surface area contributed by atoms with Crippen molar-refractivity contribution in [1.29, 1.82) is 0 Å². The monoisotopic (exact) mass is 306 g/mol. The van der Waals surface area contributed by atoms with Crippen LogP contribution in [0, 0.1) is 0 Å². The number of hydrogen-bond acceptors (Lipinski definition) is 2. The Balaban J connectivity index is 1.70. The van der Waals surface area contributed by atoms with Crippen LogP contribution < -0.4 is 5.73 Å². The Morgan fingerprint density at radius 3 is 2.45 bits per heavy atom. The Hall–Kier alpha value is -2.01. The van der Waals surface area contributed by atoms with E-state index in [9.17, 15) is 13.2 Å². The highest BCUT2D eigenvalue weighted by Gasteiger charge is 2.30. The summed E-state index contributed by atoms with van der Waals surface area (Å²) in [7, 11) is 0. The van der Waals surface area contributed by atoms with Crippen LogP contribution in [-0.4, -0.2) is 11.4 Å². The summed E-state index contributed by atoms with van der Waals surface area (Å²) in [4.78, 5) is 2.23. The number of nitrogens with zero attached hydrogens (tertiary/aromatic N) is 1. The van der Waals surface area contributed by atoms with E-state index in [2.05, 4.69) is 11.0 Å². The van der Waals surface area contributed by atoms with Gasteiger partial charge in [0, 0.05) is 25.3 Å². The molecule has 1 aliphatic rings. The summed E-state index contributed by atoms with van der Waals surface area (Å²) in [6.45, 7) is 2.29. The van der Waals surface area contributed by atoms with Gasteiger partial charge in [0.1, 0.15) is 0 Å². The smallest absolute Gasteiger partial charge is 0.398 e. The molecule has 5 heteroatoms. The van der Waals surface area contributed by atoms with Crippen molar-refractivity contribution in [3.8, 4) is 0 Å². The van der Waals surface area contributed by atoms with Gasteiger partial charge in [0.05, 0.1) is 5.56 Å². The third-order valence-electron chi connectivity index (χ3n) is 4.07. The molecule has 0 spiro atoms. The van der Waals surface area contributed by atoms with Gasteiger partial charge in [0.15, 0.2) is 0 Å². The summed E-state index contributed by atoms with van der Waals surface area (Å²) in [5.41, 5.74) is 9.49. The minimum Gasteiger partial charge on any atom is -0.398 e. The van der Waals surface area contributed by atoms with Crippen LogP contribution in [0.3, 0.4) is 0 Å². The number of alkyl halides is 3. The molecule has 116 valence electrons. The quantitative estimate of drug-likeness (QED) is 0.854. The molecule has 0 aromatic heterocycles. The SMILES string of the molecule is Nc1cccc2c1CCN(Cc1ccc(C(F)(F)F)cc1)C2. The van der Waals surface area contributed by atoms with Crippen molar-refractivity contribution in [2.24, 2.45) is 0 Å². The van der Waals surface area contributed by atoms with Gasteiger partial charge in [0.25, 0.3) is 0 Å². The molecule has 2 aromatic rings. The molecule has 0 unspecified atom stereocenters. The van der Waals surface area contributed by atoms with Crippen LogP contribution in [0.1, 0.15) is 22.3 Å². The maximum absolute atomic E-state index is 12.6. The minimum atomic E-state index is -4.28. The van der Waals surface area contributed by atoms with E-state index in [-0.39, 0.29) is 0 Å². The van der Waals surface area contributed by atoms with Crippen molar-refractivity contribution in [3.63, 3.8) is 0 Å². The van der Waals surface area contributed by atoms with Gasteiger partial charge in [-0.05, 0) is 41.3 Å². The molecule has 2 N–H and O–H groups in total. The number of anilines is 1. The third kappa shape index (κ3) is 3.09. The highest BCUT2D eigenvalue weighted by molar-refractivity contribution is 5.51. The van der Waals surface area contributed by atoms with Gasteiger partial charge in [-0.25, -0.2) is 0 Å². The van der Waals surface area contributed by atoms with Crippen LogP contribution in [0.25, 0.3) is 0 Å². The van der Waals surface area contributed by atoms with Gasteiger partial charge in [-0.1, -0.05) is 24.3 Å². The van der Waals surface area contributed by atoms with Crippen LogP contribution in [0.15, 0.2) is 42.5 Å². The van der Waals surface area contributed by atoms with E-state index in [0.717, 1.165) is 42.9 Å². The molecule has 0 fully saturated rings. The van der Waals surface area contributed by atoms with Crippen LogP contribution >= 0.6 is 0 Å². The Morgan fingerprint density at radius 2 is 1.77 bits per heavy atom. The number of rotatable bonds is 2. The maximum atomic E-state index is 12.6. The van der Waals surface area contributed by atoms with Gasteiger partial charge >= 0.3 is 6.18 Å². The van der Waals surface area contributed by atoms with Gasteiger partial charge in [-0.3, -0.25) is 4.90 Å². The standard InChI is InChI=1S/C17H17F3N2/c18-17(19,20)14-6-4-12(5-7-14)10-22-9-8-15-13(11-22)2-1-3-16(15)21/h1-7H,8-11,21H2. The van der Waals surface area contributed by atoms with E-state index >= 15 is 0 Å². The Labute approximate surface area is 127 Å². The van der Waals surface area contributed by atoms with E-state index in [0.29, 0.717) is 6.54 Å². The predicted octanol–water partition coefficient (Wildman–Crippen LogP) is 3.85.